The van der Waals surface area contributed by atoms with Crippen LogP contribution in [0, 0.1) is 13.8 Å². The van der Waals surface area contributed by atoms with E-state index < -0.39 is 0 Å². The molecule has 1 saturated heterocycles. The minimum atomic E-state index is 0.00310. The third-order valence-electron chi connectivity index (χ3n) is 5.73. The number of carbonyl (C=O) groups is 2. The Hall–Kier alpha value is -2.93. The lowest BCUT2D eigenvalue weighted by Crippen LogP contribution is -2.51. The van der Waals surface area contributed by atoms with Crippen LogP contribution >= 0.6 is 0 Å². The van der Waals surface area contributed by atoms with Crippen molar-refractivity contribution in [2.24, 2.45) is 0 Å². The molecular formula is C23H29N5O2. The molecule has 0 atom stereocenters. The van der Waals surface area contributed by atoms with E-state index in [1.807, 2.05) is 59.8 Å². The first-order chi connectivity index (χ1) is 14.5. The number of aryl methyl sites for hydroxylation is 1. The van der Waals surface area contributed by atoms with E-state index in [9.17, 15) is 9.59 Å². The maximum Gasteiger partial charge on any atom is 0.246 e. The Morgan fingerprint density at radius 3 is 2.47 bits per heavy atom. The van der Waals surface area contributed by atoms with Crippen LogP contribution in [-0.4, -0.2) is 70.2 Å². The normalized spacial score (nSPS) is 17.5. The number of benzene rings is 1. The lowest BCUT2D eigenvalue weighted by Gasteiger charge is -2.33. The lowest BCUT2D eigenvalue weighted by atomic mass is 10.1. The van der Waals surface area contributed by atoms with E-state index in [-0.39, 0.29) is 11.8 Å². The Balaban J connectivity index is 1.33. The van der Waals surface area contributed by atoms with Gasteiger partial charge in [-0.05, 0) is 44.9 Å². The smallest absolute Gasteiger partial charge is 0.246 e. The highest BCUT2D eigenvalue weighted by atomic mass is 16.2. The molecule has 0 spiro atoms. The number of piperazine rings is 1. The summed E-state index contributed by atoms with van der Waals surface area (Å²) in [5, 5.41) is 7.65. The van der Waals surface area contributed by atoms with Crippen LogP contribution in [0.15, 0.2) is 36.4 Å². The summed E-state index contributed by atoms with van der Waals surface area (Å²) >= 11 is 0. The van der Waals surface area contributed by atoms with E-state index in [0.717, 1.165) is 48.6 Å². The van der Waals surface area contributed by atoms with E-state index in [1.54, 1.807) is 6.08 Å². The summed E-state index contributed by atoms with van der Waals surface area (Å²) in [5.74, 6) is 0.0990. The number of para-hydroxylation sites is 1. The van der Waals surface area contributed by atoms with E-state index in [4.69, 9.17) is 0 Å². The van der Waals surface area contributed by atoms with Crippen molar-refractivity contribution in [1.82, 2.24) is 24.9 Å². The first kappa shape index (κ1) is 20.3. The zero-order valence-corrected chi connectivity index (χ0v) is 17.7. The molecule has 2 amide bonds. The first-order valence-corrected chi connectivity index (χ1v) is 10.6. The van der Waals surface area contributed by atoms with Crippen LogP contribution < -0.4 is 5.32 Å². The van der Waals surface area contributed by atoms with Gasteiger partial charge in [0.25, 0.3) is 0 Å². The Morgan fingerprint density at radius 2 is 1.80 bits per heavy atom. The largest absolute Gasteiger partial charge is 0.352 e. The second-order valence-electron chi connectivity index (χ2n) is 8.11. The molecule has 7 heteroatoms. The molecule has 1 saturated carbocycles. The summed E-state index contributed by atoms with van der Waals surface area (Å²) < 4.78 is 1.91. The molecule has 2 heterocycles. The second-order valence-corrected chi connectivity index (χ2v) is 8.11. The summed E-state index contributed by atoms with van der Waals surface area (Å²) in [6, 6.07) is 10.4. The number of carbonyl (C=O) groups excluding carboxylic acids is 2. The second kappa shape index (κ2) is 8.83. The molecule has 1 aliphatic carbocycles. The van der Waals surface area contributed by atoms with Crippen LogP contribution in [0.5, 0.6) is 0 Å². The summed E-state index contributed by atoms with van der Waals surface area (Å²) in [6.45, 7) is 7.13. The van der Waals surface area contributed by atoms with Gasteiger partial charge in [-0.2, -0.15) is 5.10 Å². The Kier molecular flexibility index (Phi) is 5.99. The molecule has 0 unspecified atom stereocenters. The molecule has 7 nitrogen and oxygen atoms in total. The van der Waals surface area contributed by atoms with Gasteiger partial charge in [-0.25, -0.2) is 4.68 Å². The van der Waals surface area contributed by atoms with Gasteiger partial charge in [0.1, 0.15) is 0 Å². The van der Waals surface area contributed by atoms with E-state index in [2.05, 4.69) is 15.3 Å². The number of hydrogen-bond donors (Lipinski definition) is 1. The third kappa shape index (κ3) is 4.79. The fourth-order valence-electron chi connectivity index (χ4n) is 3.81. The fourth-order valence-corrected chi connectivity index (χ4v) is 3.81. The van der Waals surface area contributed by atoms with Gasteiger partial charge in [0.2, 0.25) is 11.8 Å². The predicted octanol–water partition coefficient (Wildman–Crippen LogP) is 1.93. The van der Waals surface area contributed by atoms with Gasteiger partial charge in [-0.1, -0.05) is 18.2 Å². The molecule has 2 aliphatic rings. The minimum Gasteiger partial charge on any atom is -0.352 e. The average Bonchev–Trinajstić information content (AvgIpc) is 3.51. The molecule has 1 aromatic heterocycles. The quantitative estimate of drug-likeness (QED) is 0.743. The third-order valence-corrected chi connectivity index (χ3v) is 5.73. The zero-order chi connectivity index (χ0) is 21.1. The van der Waals surface area contributed by atoms with Gasteiger partial charge in [0, 0.05) is 49.6 Å². The van der Waals surface area contributed by atoms with Crippen molar-refractivity contribution in [3.63, 3.8) is 0 Å². The summed E-state index contributed by atoms with van der Waals surface area (Å²) in [4.78, 5) is 28.6. The standard InChI is InChI=1S/C23H29N5O2/c1-17-21(18(2)28(25-17)20-6-4-3-5-7-20)10-11-23(30)27-14-12-26(13-15-27)16-22(29)24-19-8-9-19/h3-7,10-11,19H,8-9,12-16H2,1-2H3,(H,24,29)/b11-10+. The summed E-state index contributed by atoms with van der Waals surface area (Å²) in [7, 11) is 0. The zero-order valence-electron chi connectivity index (χ0n) is 17.7. The molecule has 30 heavy (non-hydrogen) atoms. The van der Waals surface area contributed by atoms with E-state index in [1.165, 1.54) is 0 Å². The van der Waals surface area contributed by atoms with Crippen molar-refractivity contribution in [1.29, 1.82) is 0 Å². The molecule has 1 N–H and O–H groups in total. The maximum absolute atomic E-state index is 12.7. The number of nitrogens with one attached hydrogen (secondary N) is 1. The molecule has 2 fully saturated rings. The summed E-state index contributed by atoms with van der Waals surface area (Å²) in [5.41, 5.74) is 3.88. The van der Waals surface area contributed by atoms with Crippen LogP contribution in [-0.2, 0) is 9.59 Å². The fraction of sp³-hybridized carbons (Fsp3) is 0.435. The van der Waals surface area contributed by atoms with Gasteiger partial charge >= 0.3 is 0 Å². The van der Waals surface area contributed by atoms with Crippen LogP contribution in [0.3, 0.4) is 0 Å². The number of amides is 2. The van der Waals surface area contributed by atoms with Crippen molar-refractivity contribution in [3.05, 3.63) is 53.4 Å². The van der Waals surface area contributed by atoms with Crippen LogP contribution in [0.4, 0.5) is 0 Å². The monoisotopic (exact) mass is 407 g/mol. The molecule has 0 bridgehead atoms. The molecule has 1 aromatic carbocycles. The van der Waals surface area contributed by atoms with Crippen molar-refractivity contribution in [3.8, 4) is 5.69 Å². The lowest BCUT2D eigenvalue weighted by molar-refractivity contribution is -0.128. The molecule has 4 rings (SSSR count). The molecular weight excluding hydrogens is 378 g/mol. The minimum absolute atomic E-state index is 0.00310. The molecule has 158 valence electrons. The number of hydrogen-bond acceptors (Lipinski definition) is 4. The first-order valence-electron chi connectivity index (χ1n) is 10.6. The Morgan fingerprint density at radius 1 is 1.10 bits per heavy atom. The maximum atomic E-state index is 12.7. The average molecular weight is 408 g/mol. The van der Waals surface area contributed by atoms with Gasteiger partial charge in [-0.3, -0.25) is 14.5 Å². The number of aromatic nitrogens is 2. The number of rotatable bonds is 6. The van der Waals surface area contributed by atoms with Gasteiger partial charge in [0.05, 0.1) is 17.9 Å². The van der Waals surface area contributed by atoms with Crippen molar-refractivity contribution in [2.75, 3.05) is 32.7 Å². The van der Waals surface area contributed by atoms with Crippen LogP contribution in [0.25, 0.3) is 11.8 Å². The Bertz CT molecular complexity index is 938. The van der Waals surface area contributed by atoms with Crippen LogP contribution in [0.1, 0.15) is 29.8 Å². The predicted molar refractivity (Wildman–Crippen MR) is 116 cm³/mol. The van der Waals surface area contributed by atoms with Gasteiger partial charge < -0.3 is 10.2 Å². The van der Waals surface area contributed by atoms with Crippen molar-refractivity contribution >= 4 is 17.9 Å². The highest BCUT2D eigenvalue weighted by molar-refractivity contribution is 5.92. The molecule has 1 aliphatic heterocycles. The molecule has 2 aromatic rings. The van der Waals surface area contributed by atoms with Crippen LogP contribution in [0.2, 0.25) is 0 Å². The highest BCUT2D eigenvalue weighted by Gasteiger charge is 2.26. The topological polar surface area (TPSA) is 70.5 Å². The Labute approximate surface area is 177 Å². The van der Waals surface area contributed by atoms with E-state index >= 15 is 0 Å². The SMILES string of the molecule is Cc1nn(-c2ccccc2)c(C)c1/C=C/C(=O)N1CCN(CC(=O)NC2CC2)CC1. The number of nitrogens with zero attached hydrogens (tertiary/aromatic N) is 4. The summed E-state index contributed by atoms with van der Waals surface area (Å²) in [6.07, 6.45) is 5.71. The van der Waals surface area contributed by atoms with Gasteiger partial charge in [0.15, 0.2) is 0 Å². The van der Waals surface area contributed by atoms with Crippen molar-refractivity contribution in [2.45, 2.75) is 32.7 Å². The van der Waals surface area contributed by atoms with Gasteiger partial charge in [-0.15, -0.1) is 0 Å². The van der Waals surface area contributed by atoms with Crippen molar-refractivity contribution < 1.29 is 9.59 Å². The highest BCUT2D eigenvalue weighted by Crippen LogP contribution is 2.20. The molecule has 0 radical (unpaired) electrons. The van der Waals surface area contributed by atoms with E-state index in [0.29, 0.717) is 25.7 Å².